The molecule has 3 N–H and O–H groups in total. The van der Waals surface area contributed by atoms with Gasteiger partial charge in [-0.15, -0.1) is 0 Å². The molecule has 21 heavy (non-hydrogen) atoms. The molecule has 0 aliphatic heterocycles. The third-order valence-electron chi connectivity index (χ3n) is 3.15. The molecule has 0 saturated heterocycles. The van der Waals surface area contributed by atoms with Gasteiger partial charge in [0.1, 0.15) is 0 Å². The van der Waals surface area contributed by atoms with Crippen molar-refractivity contribution in [1.29, 1.82) is 0 Å². The van der Waals surface area contributed by atoms with Crippen LogP contribution in [-0.4, -0.2) is 25.2 Å². The summed E-state index contributed by atoms with van der Waals surface area (Å²) in [6.07, 6.45) is 0. The zero-order valence-corrected chi connectivity index (χ0v) is 13.0. The number of nitrogens with zero attached hydrogens (tertiary/aromatic N) is 1. The van der Waals surface area contributed by atoms with E-state index in [0.29, 0.717) is 12.1 Å². The molecule has 1 aromatic carbocycles. The Morgan fingerprint density at radius 3 is 2.57 bits per heavy atom. The molecule has 114 valence electrons. The molecule has 0 radical (unpaired) electrons. The minimum absolute atomic E-state index is 0.0666. The maximum absolute atomic E-state index is 12.4. The smallest absolute Gasteiger partial charge is 0.260 e. The van der Waals surface area contributed by atoms with Gasteiger partial charge < -0.3 is 5.32 Å². The Morgan fingerprint density at radius 1 is 1.19 bits per heavy atom. The largest absolute Gasteiger partial charge is 0.313 e. The molecule has 1 aromatic heterocycles. The Kier molecular flexibility index (Phi) is 5.11. The van der Waals surface area contributed by atoms with E-state index in [2.05, 4.69) is 20.2 Å². The van der Waals surface area contributed by atoms with Gasteiger partial charge in [-0.2, -0.15) is 5.10 Å². The van der Waals surface area contributed by atoms with E-state index in [4.69, 9.17) is 0 Å². The first kappa shape index (κ1) is 15.7. The van der Waals surface area contributed by atoms with Crippen molar-refractivity contribution in [3.05, 3.63) is 47.2 Å². The van der Waals surface area contributed by atoms with E-state index in [0.717, 1.165) is 17.8 Å². The molecule has 0 aliphatic rings. The summed E-state index contributed by atoms with van der Waals surface area (Å²) in [7, 11) is -3.63. The molecule has 0 amide bonds. The third kappa shape index (κ3) is 3.90. The number of aromatic amines is 1. The highest BCUT2D eigenvalue weighted by molar-refractivity contribution is 7.89. The highest BCUT2D eigenvalue weighted by atomic mass is 32.2. The SMILES string of the molecule is CCNCc1c(S(=O)(=O)NCc2ccccc2)n[nH]c1C. The molecule has 0 unspecified atom stereocenters. The summed E-state index contributed by atoms with van der Waals surface area (Å²) in [5.41, 5.74) is 2.34. The first-order chi connectivity index (χ1) is 10.0. The van der Waals surface area contributed by atoms with Gasteiger partial charge >= 0.3 is 0 Å². The number of benzene rings is 1. The van der Waals surface area contributed by atoms with Crippen LogP contribution in [0.25, 0.3) is 0 Å². The van der Waals surface area contributed by atoms with Crippen molar-refractivity contribution in [2.75, 3.05) is 6.54 Å². The first-order valence-electron chi connectivity index (χ1n) is 6.82. The maximum Gasteiger partial charge on any atom is 0.260 e. The summed E-state index contributed by atoms with van der Waals surface area (Å²) >= 11 is 0. The van der Waals surface area contributed by atoms with E-state index in [-0.39, 0.29) is 11.6 Å². The van der Waals surface area contributed by atoms with E-state index in [9.17, 15) is 8.42 Å². The Balaban J connectivity index is 2.16. The fourth-order valence-electron chi connectivity index (χ4n) is 1.95. The number of hydrogen-bond acceptors (Lipinski definition) is 4. The van der Waals surface area contributed by atoms with Crippen molar-refractivity contribution in [1.82, 2.24) is 20.2 Å². The number of rotatable bonds is 7. The number of aromatic nitrogens is 2. The number of aryl methyl sites for hydroxylation is 1. The standard InChI is InChI=1S/C14H20N4O2S/c1-3-15-10-13-11(2)17-18-14(13)21(19,20)16-9-12-7-5-4-6-8-12/h4-8,15-16H,3,9-10H2,1-2H3,(H,17,18). The second-order valence-electron chi connectivity index (χ2n) is 4.72. The van der Waals surface area contributed by atoms with Gasteiger partial charge in [-0.05, 0) is 19.0 Å². The van der Waals surface area contributed by atoms with Crippen LogP contribution in [0.15, 0.2) is 35.4 Å². The average molecular weight is 308 g/mol. The highest BCUT2D eigenvalue weighted by Crippen LogP contribution is 2.16. The van der Waals surface area contributed by atoms with E-state index in [1.165, 1.54) is 0 Å². The Hall–Kier alpha value is -1.70. The highest BCUT2D eigenvalue weighted by Gasteiger charge is 2.23. The zero-order valence-electron chi connectivity index (χ0n) is 12.2. The van der Waals surface area contributed by atoms with Crippen molar-refractivity contribution in [2.24, 2.45) is 0 Å². The van der Waals surface area contributed by atoms with Crippen molar-refractivity contribution < 1.29 is 8.42 Å². The lowest BCUT2D eigenvalue weighted by Crippen LogP contribution is -2.25. The van der Waals surface area contributed by atoms with Gasteiger partial charge in [-0.1, -0.05) is 37.3 Å². The van der Waals surface area contributed by atoms with Crippen molar-refractivity contribution >= 4 is 10.0 Å². The Labute approximate surface area is 125 Å². The van der Waals surface area contributed by atoms with E-state index >= 15 is 0 Å². The summed E-state index contributed by atoms with van der Waals surface area (Å²) in [5, 5.41) is 9.87. The maximum atomic E-state index is 12.4. The second kappa shape index (κ2) is 6.84. The van der Waals surface area contributed by atoms with Gasteiger partial charge in [0.05, 0.1) is 0 Å². The number of hydrogen-bond donors (Lipinski definition) is 3. The van der Waals surface area contributed by atoms with Gasteiger partial charge in [0.25, 0.3) is 10.0 Å². The Bertz CT molecular complexity index is 680. The molecule has 7 heteroatoms. The van der Waals surface area contributed by atoms with Crippen molar-refractivity contribution in [2.45, 2.75) is 32.0 Å². The minimum atomic E-state index is -3.63. The van der Waals surface area contributed by atoms with Gasteiger partial charge in [0.15, 0.2) is 5.03 Å². The predicted molar refractivity (Wildman–Crippen MR) is 81.2 cm³/mol. The lowest BCUT2D eigenvalue weighted by Gasteiger charge is -2.07. The summed E-state index contributed by atoms with van der Waals surface area (Å²) in [6, 6.07) is 9.39. The van der Waals surface area contributed by atoms with Gasteiger partial charge in [-0.25, -0.2) is 13.1 Å². The Morgan fingerprint density at radius 2 is 1.90 bits per heavy atom. The molecule has 2 aromatic rings. The average Bonchev–Trinajstić information content (AvgIpc) is 2.86. The van der Waals surface area contributed by atoms with Crippen LogP contribution in [0.2, 0.25) is 0 Å². The normalized spacial score (nSPS) is 11.7. The van der Waals surface area contributed by atoms with Crippen LogP contribution >= 0.6 is 0 Å². The number of H-pyrrole nitrogens is 1. The summed E-state index contributed by atoms with van der Waals surface area (Å²) < 4.78 is 27.3. The predicted octanol–water partition coefficient (Wildman–Crippen LogP) is 1.31. The van der Waals surface area contributed by atoms with E-state index in [1.807, 2.05) is 44.2 Å². The van der Waals surface area contributed by atoms with Crippen LogP contribution in [0.5, 0.6) is 0 Å². The van der Waals surface area contributed by atoms with Gasteiger partial charge in [0.2, 0.25) is 0 Å². The van der Waals surface area contributed by atoms with Crippen LogP contribution in [0.4, 0.5) is 0 Å². The van der Waals surface area contributed by atoms with Crippen LogP contribution in [-0.2, 0) is 23.1 Å². The quantitative estimate of drug-likeness (QED) is 0.719. The van der Waals surface area contributed by atoms with Gasteiger partial charge in [-0.3, -0.25) is 5.10 Å². The van der Waals surface area contributed by atoms with Crippen LogP contribution < -0.4 is 10.0 Å². The van der Waals surface area contributed by atoms with Crippen LogP contribution in [0.1, 0.15) is 23.7 Å². The minimum Gasteiger partial charge on any atom is -0.313 e. The molecule has 0 atom stereocenters. The molecule has 2 rings (SSSR count). The van der Waals surface area contributed by atoms with Gasteiger partial charge in [0, 0.05) is 24.3 Å². The molecule has 1 heterocycles. The van der Waals surface area contributed by atoms with E-state index < -0.39 is 10.0 Å². The topological polar surface area (TPSA) is 86.9 Å². The second-order valence-corrected chi connectivity index (χ2v) is 6.41. The molecule has 0 aliphatic carbocycles. The van der Waals surface area contributed by atoms with Crippen LogP contribution in [0, 0.1) is 6.92 Å². The molecule has 0 bridgehead atoms. The third-order valence-corrected chi connectivity index (χ3v) is 4.52. The monoisotopic (exact) mass is 308 g/mol. The number of nitrogens with one attached hydrogen (secondary N) is 3. The van der Waals surface area contributed by atoms with Crippen molar-refractivity contribution in [3.8, 4) is 0 Å². The van der Waals surface area contributed by atoms with Crippen molar-refractivity contribution in [3.63, 3.8) is 0 Å². The molecule has 0 spiro atoms. The molecule has 0 fully saturated rings. The molecular weight excluding hydrogens is 288 g/mol. The lowest BCUT2D eigenvalue weighted by atomic mass is 10.2. The van der Waals surface area contributed by atoms with E-state index in [1.54, 1.807) is 0 Å². The fraction of sp³-hybridized carbons (Fsp3) is 0.357. The van der Waals surface area contributed by atoms with Crippen LogP contribution in [0.3, 0.4) is 0 Å². The summed E-state index contributed by atoms with van der Waals surface area (Å²) in [6.45, 7) is 5.27. The summed E-state index contributed by atoms with van der Waals surface area (Å²) in [4.78, 5) is 0. The fourth-order valence-corrected chi connectivity index (χ4v) is 3.16. The molecule has 0 saturated carbocycles. The summed E-state index contributed by atoms with van der Waals surface area (Å²) in [5.74, 6) is 0. The molecule has 6 nitrogen and oxygen atoms in total. The number of sulfonamides is 1. The lowest BCUT2D eigenvalue weighted by molar-refractivity contribution is 0.574. The first-order valence-corrected chi connectivity index (χ1v) is 8.31. The molecular formula is C14H20N4O2S. The zero-order chi connectivity index (χ0) is 15.3.